The van der Waals surface area contributed by atoms with Crippen LogP contribution < -0.4 is 5.32 Å². The third-order valence-corrected chi connectivity index (χ3v) is 6.08. The van der Waals surface area contributed by atoms with E-state index in [1.165, 1.54) is 0 Å². The van der Waals surface area contributed by atoms with Crippen molar-refractivity contribution in [1.82, 2.24) is 30.1 Å². The summed E-state index contributed by atoms with van der Waals surface area (Å²) in [6, 6.07) is 11.8. The first-order chi connectivity index (χ1) is 17.5. The molecule has 0 aliphatic carbocycles. The van der Waals surface area contributed by atoms with Crippen LogP contribution in [-0.4, -0.2) is 41.5 Å². The molecule has 180 valence electrons. The molecule has 0 fully saturated rings. The number of H-pyrrole nitrogens is 2. The van der Waals surface area contributed by atoms with E-state index in [0.717, 1.165) is 55.7 Å². The van der Waals surface area contributed by atoms with Crippen LogP contribution in [-0.2, 0) is 0 Å². The monoisotopic (exact) mass is 479 g/mol. The van der Waals surface area contributed by atoms with Crippen molar-refractivity contribution in [3.63, 3.8) is 0 Å². The molecule has 0 aliphatic rings. The Bertz CT molecular complexity index is 1650. The Kier molecular flexibility index (Phi) is 5.46. The zero-order chi connectivity index (χ0) is 24.6. The summed E-state index contributed by atoms with van der Waals surface area (Å²) < 4.78 is 5.24. The highest BCUT2D eigenvalue weighted by atomic mass is 16.3. The first-order valence-corrected chi connectivity index (χ1v) is 11.8. The fourth-order valence-electron chi connectivity index (χ4n) is 4.41. The van der Waals surface area contributed by atoms with Crippen molar-refractivity contribution in [2.45, 2.75) is 26.5 Å². The maximum Gasteiger partial charge on any atom is 0.159 e. The number of rotatable bonds is 7. The lowest BCUT2D eigenvalue weighted by Gasteiger charge is -2.16. The third-order valence-electron chi connectivity index (χ3n) is 6.08. The molecule has 1 aromatic carbocycles. The van der Waals surface area contributed by atoms with Crippen LogP contribution in [0.4, 0.5) is 5.69 Å². The van der Waals surface area contributed by atoms with Gasteiger partial charge < -0.3 is 19.8 Å². The summed E-state index contributed by atoms with van der Waals surface area (Å²) in [5.74, 6) is 1.03. The second kappa shape index (κ2) is 8.94. The highest BCUT2D eigenvalue weighted by molar-refractivity contribution is 5.97. The lowest BCUT2D eigenvalue weighted by molar-refractivity contribution is 0.176. The fraction of sp³-hybridized carbons (Fsp3) is 0.185. The van der Waals surface area contributed by atoms with Crippen molar-refractivity contribution < 1.29 is 9.52 Å². The minimum absolute atomic E-state index is 0.385. The quantitative estimate of drug-likeness (QED) is 0.219. The average Bonchev–Trinajstić information content (AvgIpc) is 3.62. The molecule has 6 aromatic rings. The van der Waals surface area contributed by atoms with Gasteiger partial charge >= 0.3 is 0 Å². The van der Waals surface area contributed by atoms with Crippen LogP contribution >= 0.6 is 0 Å². The number of nitrogens with zero attached hydrogens (tertiary/aromatic N) is 4. The van der Waals surface area contributed by atoms with Crippen LogP contribution in [0.15, 0.2) is 71.9 Å². The number of nitrogens with one attached hydrogen (secondary N) is 3. The van der Waals surface area contributed by atoms with Gasteiger partial charge in [-0.05, 0) is 48.2 Å². The van der Waals surface area contributed by atoms with E-state index in [9.17, 15) is 5.11 Å². The summed E-state index contributed by atoms with van der Waals surface area (Å²) >= 11 is 0. The van der Waals surface area contributed by atoms with Gasteiger partial charge in [0, 0.05) is 28.9 Å². The van der Waals surface area contributed by atoms with E-state index in [1.807, 2.05) is 36.5 Å². The first kappa shape index (κ1) is 22.0. The van der Waals surface area contributed by atoms with Crippen molar-refractivity contribution >= 4 is 27.6 Å². The van der Waals surface area contributed by atoms with Crippen molar-refractivity contribution in [1.29, 1.82) is 0 Å². The number of fused-ring (bicyclic) bond motifs is 2. The van der Waals surface area contributed by atoms with Gasteiger partial charge in [-0.15, -0.1) is 0 Å². The second-order valence-electron chi connectivity index (χ2n) is 9.24. The maximum absolute atomic E-state index is 10.3. The lowest BCUT2D eigenvalue weighted by atomic mass is 10.0. The Morgan fingerprint density at radius 2 is 1.92 bits per heavy atom. The van der Waals surface area contributed by atoms with Gasteiger partial charge in [0.1, 0.15) is 23.1 Å². The van der Waals surface area contributed by atoms with Crippen molar-refractivity contribution in [3.05, 3.63) is 67.5 Å². The smallest absolute Gasteiger partial charge is 0.159 e. The number of aromatic nitrogens is 6. The van der Waals surface area contributed by atoms with Gasteiger partial charge in [-0.3, -0.25) is 15.1 Å². The highest BCUT2D eigenvalue weighted by Gasteiger charge is 2.17. The molecule has 5 aromatic heterocycles. The molecule has 9 nitrogen and oxygen atoms in total. The molecule has 1 unspecified atom stereocenters. The molecule has 36 heavy (non-hydrogen) atoms. The molecular formula is C27H25N7O2. The summed E-state index contributed by atoms with van der Waals surface area (Å²) in [5.41, 5.74) is 7.54. The highest BCUT2D eigenvalue weighted by Crippen LogP contribution is 2.32. The van der Waals surface area contributed by atoms with E-state index in [4.69, 9.17) is 9.40 Å². The molecule has 0 bridgehead atoms. The molecule has 0 saturated heterocycles. The number of benzene rings is 1. The van der Waals surface area contributed by atoms with E-state index in [1.54, 1.807) is 24.9 Å². The molecular weight excluding hydrogens is 454 g/mol. The normalized spacial score (nSPS) is 12.6. The van der Waals surface area contributed by atoms with Crippen LogP contribution in [0.25, 0.3) is 55.8 Å². The number of furan rings is 1. The van der Waals surface area contributed by atoms with Crippen LogP contribution in [0.5, 0.6) is 0 Å². The average molecular weight is 480 g/mol. The number of anilines is 1. The Hall–Kier alpha value is -4.50. The summed E-state index contributed by atoms with van der Waals surface area (Å²) in [5, 5.41) is 22.0. The van der Waals surface area contributed by atoms with Crippen LogP contribution in [0, 0.1) is 5.92 Å². The molecule has 6 rings (SSSR count). The standard InChI is InChI=1S/C27H25N7O2/c1-15(2)9-23(35)30-19-10-18(12-28-13-19)16-3-4-21-20(11-16)25(34-33-21)27-31-22-5-7-29-24(26(22)32-27)17-6-8-36-14-17/h3-8,10-15,23,30,35H,9H2,1-2H3,(H,31,32)(H,33,34). The van der Waals surface area contributed by atoms with E-state index >= 15 is 0 Å². The van der Waals surface area contributed by atoms with E-state index in [2.05, 4.69) is 50.4 Å². The van der Waals surface area contributed by atoms with Crippen molar-refractivity contribution in [3.8, 4) is 33.9 Å². The first-order valence-electron chi connectivity index (χ1n) is 11.8. The Labute approximate surface area is 206 Å². The molecule has 0 aliphatic heterocycles. The predicted octanol–water partition coefficient (Wildman–Crippen LogP) is 5.60. The predicted molar refractivity (Wildman–Crippen MR) is 139 cm³/mol. The van der Waals surface area contributed by atoms with E-state index in [-0.39, 0.29) is 0 Å². The minimum Gasteiger partial charge on any atom is -0.472 e. The molecule has 0 spiro atoms. The largest absolute Gasteiger partial charge is 0.472 e. The molecule has 0 amide bonds. The summed E-state index contributed by atoms with van der Waals surface area (Å²) in [7, 11) is 0. The van der Waals surface area contributed by atoms with Crippen molar-refractivity contribution in [2.24, 2.45) is 5.92 Å². The number of hydrogen-bond donors (Lipinski definition) is 4. The van der Waals surface area contributed by atoms with E-state index < -0.39 is 6.23 Å². The maximum atomic E-state index is 10.3. The summed E-state index contributed by atoms with van der Waals surface area (Å²) in [6.45, 7) is 4.15. The minimum atomic E-state index is -0.625. The van der Waals surface area contributed by atoms with Gasteiger partial charge in [-0.2, -0.15) is 5.10 Å². The summed E-state index contributed by atoms with van der Waals surface area (Å²) in [4.78, 5) is 17.1. The Morgan fingerprint density at radius 3 is 2.75 bits per heavy atom. The van der Waals surface area contributed by atoms with Gasteiger partial charge in [0.15, 0.2) is 5.82 Å². The Morgan fingerprint density at radius 1 is 1.00 bits per heavy atom. The van der Waals surface area contributed by atoms with Gasteiger partial charge in [0.05, 0.1) is 35.4 Å². The number of hydrogen-bond acceptors (Lipinski definition) is 7. The number of imidazole rings is 1. The third kappa shape index (κ3) is 4.09. The van der Waals surface area contributed by atoms with Gasteiger partial charge in [-0.25, -0.2) is 4.98 Å². The number of aromatic amines is 2. The second-order valence-corrected chi connectivity index (χ2v) is 9.24. The van der Waals surface area contributed by atoms with Crippen LogP contribution in [0.2, 0.25) is 0 Å². The molecule has 5 heterocycles. The van der Waals surface area contributed by atoms with Crippen molar-refractivity contribution in [2.75, 3.05) is 5.32 Å². The van der Waals surface area contributed by atoms with Gasteiger partial charge in [-0.1, -0.05) is 19.9 Å². The van der Waals surface area contributed by atoms with E-state index in [0.29, 0.717) is 18.2 Å². The fourth-order valence-corrected chi connectivity index (χ4v) is 4.41. The van der Waals surface area contributed by atoms with Gasteiger partial charge in [0.2, 0.25) is 0 Å². The number of pyridine rings is 2. The summed E-state index contributed by atoms with van der Waals surface area (Å²) in [6.07, 6.45) is 8.59. The molecule has 0 saturated carbocycles. The van der Waals surface area contributed by atoms with Gasteiger partial charge in [0.25, 0.3) is 0 Å². The SMILES string of the molecule is CC(C)CC(O)Nc1cncc(-c2ccc3[nH]nc(-c4nc5c(-c6ccoc6)nccc5[nH]4)c3c2)c1. The van der Waals surface area contributed by atoms with Crippen LogP contribution in [0.1, 0.15) is 20.3 Å². The lowest BCUT2D eigenvalue weighted by Crippen LogP contribution is -2.20. The van der Waals surface area contributed by atoms with Crippen LogP contribution in [0.3, 0.4) is 0 Å². The molecule has 9 heteroatoms. The Balaban J connectivity index is 1.37. The zero-order valence-electron chi connectivity index (χ0n) is 19.9. The molecule has 1 atom stereocenters. The molecule has 0 radical (unpaired) electrons. The molecule has 4 N–H and O–H groups in total. The number of aliphatic hydroxyl groups is 1. The zero-order valence-corrected chi connectivity index (χ0v) is 19.9. The topological polar surface area (TPSA) is 129 Å². The number of aliphatic hydroxyl groups excluding tert-OH is 1.